The van der Waals surface area contributed by atoms with Crippen LogP contribution in [0.3, 0.4) is 0 Å². The number of rotatable bonds is 3. The zero-order valence-corrected chi connectivity index (χ0v) is 10.8. The molecular weight excluding hydrogens is 258 g/mol. The van der Waals surface area contributed by atoms with Gasteiger partial charge in [0.25, 0.3) is 0 Å². The van der Waals surface area contributed by atoms with Crippen LogP contribution in [0, 0.1) is 6.92 Å². The number of amides is 1. The van der Waals surface area contributed by atoms with E-state index in [2.05, 4.69) is 15.4 Å². The van der Waals surface area contributed by atoms with E-state index in [0.717, 1.165) is 0 Å². The third-order valence-electron chi connectivity index (χ3n) is 2.75. The summed E-state index contributed by atoms with van der Waals surface area (Å²) in [6.45, 7) is 1.88. The molecule has 0 aliphatic rings. The second-order valence-electron chi connectivity index (χ2n) is 4.40. The number of fused-ring (bicyclic) bond motifs is 1. The Morgan fingerprint density at radius 1 is 1.45 bits per heavy atom. The number of anilines is 2. The molecule has 0 saturated carbocycles. The number of hydrogen-bond donors (Lipinski definition) is 2. The van der Waals surface area contributed by atoms with Gasteiger partial charge in [-0.1, -0.05) is 0 Å². The summed E-state index contributed by atoms with van der Waals surface area (Å²) in [6, 6.07) is 6.94. The fraction of sp³-hybridized carbons (Fsp3) is 0.154. The van der Waals surface area contributed by atoms with Crippen LogP contribution in [0.2, 0.25) is 0 Å². The zero-order chi connectivity index (χ0) is 14.1. The van der Waals surface area contributed by atoms with Gasteiger partial charge in [-0.2, -0.15) is 5.10 Å². The third-order valence-corrected chi connectivity index (χ3v) is 2.75. The van der Waals surface area contributed by atoms with E-state index in [4.69, 9.17) is 10.2 Å². The van der Waals surface area contributed by atoms with Crippen molar-refractivity contribution >= 4 is 28.5 Å². The summed E-state index contributed by atoms with van der Waals surface area (Å²) in [4.78, 5) is 16.1. The van der Waals surface area contributed by atoms with E-state index in [-0.39, 0.29) is 12.5 Å². The summed E-state index contributed by atoms with van der Waals surface area (Å²) in [7, 11) is 0. The molecule has 3 rings (SSSR count). The number of carbonyl (C=O) groups is 1. The largest absolute Gasteiger partial charge is 0.441 e. The summed E-state index contributed by atoms with van der Waals surface area (Å²) in [5.41, 5.74) is 7.56. The first-order valence-corrected chi connectivity index (χ1v) is 6.06. The lowest BCUT2D eigenvalue weighted by molar-refractivity contribution is -0.116. The lowest BCUT2D eigenvalue weighted by atomic mass is 10.3. The third kappa shape index (κ3) is 2.46. The normalized spacial score (nSPS) is 10.8. The Hall–Kier alpha value is -2.83. The number of nitrogens with one attached hydrogen (secondary N) is 1. The molecule has 3 aromatic rings. The smallest absolute Gasteiger partial charge is 0.246 e. The first-order valence-electron chi connectivity index (χ1n) is 6.06. The number of aryl methyl sites for hydroxylation is 1. The van der Waals surface area contributed by atoms with Crippen LogP contribution in [0.15, 0.2) is 34.9 Å². The minimum atomic E-state index is -0.187. The van der Waals surface area contributed by atoms with Gasteiger partial charge in [0.1, 0.15) is 17.9 Å². The highest BCUT2D eigenvalue weighted by Gasteiger charge is 2.07. The maximum absolute atomic E-state index is 11.9. The van der Waals surface area contributed by atoms with Crippen LogP contribution in [0.5, 0.6) is 0 Å². The molecule has 0 aliphatic heterocycles. The average molecular weight is 271 g/mol. The van der Waals surface area contributed by atoms with Gasteiger partial charge >= 0.3 is 0 Å². The zero-order valence-electron chi connectivity index (χ0n) is 10.8. The highest BCUT2D eigenvalue weighted by Crippen LogP contribution is 2.19. The van der Waals surface area contributed by atoms with Crippen molar-refractivity contribution < 1.29 is 9.21 Å². The summed E-state index contributed by atoms with van der Waals surface area (Å²) in [5.74, 6) is 0.792. The lowest BCUT2D eigenvalue weighted by Crippen LogP contribution is -2.19. The molecule has 0 bridgehead atoms. The van der Waals surface area contributed by atoms with Crippen LogP contribution in [0.4, 0.5) is 11.5 Å². The van der Waals surface area contributed by atoms with Crippen LogP contribution in [0.1, 0.15) is 5.89 Å². The monoisotopic (exact) mass is 271 g/mol. The van der Waals surface area contributed by atoms with E-state index in [9.17, 15) is 4.79 Å². The Morgan fingerprint density at radius 3 is 3.05 bits per heavy atom. The van der Waals surface area contributed by atoms with Crippen molar-refractivity contribution in [3.8, 4) is 0 Å². The topological polar surface area (TPSA) is 99.0 Å². The summed E-state index contributed by atoms with van der Waals surface area (Å²) in [6.07, 6.45) is 1.65. The number of nitrogens with zero attached hydrogens (tertiary/aromatic N) is 3. The second kappa shape index (κ2) is 4.69. The van der Waals surface area contributed by atoms with E-state index < -0.39 is 0 Å². The van der Waals surface area contributed by atoms with Gasteiger partial charge in [-0.15, -0.1) is 0 Å². The minimum absolute atomic E-state index is 0.104. The van der Waals surface area contributed by atoms with Crippen molar-refractivity contribution in [3.63, 3.8) is 0 Å². The van der Waals surface area contributed by atoms with Crippen LogP contribution in [0.25, 0.3) is 11.1 Å². The summed E-state index contributed by atoms with van der Waals surface area (Å²) < 4.78 is 6.85. The van der Waals surface area contributed by atoms with Crippen LogP contribution < -0.4 is 11.1 Å². The molecule has 7 heteroatoms. The van der Waals surface area contributed by atoms with Crippen molar-refractivity contribution in [2.75, 3.05) is 11.1 Å². The molecule has 1 amide bonds. The molecule has 0 atom stereocenters. The van der Waals surface area contributed by atoms with Gasteiger partial charge in [0, 0.05) is 18.8 Å². The van der Waals surface area contributed by atoms with Gasteiger partial charge < -0.3 is 15.5 Å². The number of hydrogen-bond acceptors (Lipinski definition) is 5. The van der Waals surface area contributed by atoms with Gasteiger partial charge in [0.05, 0.1) is 0 Å². The van der Waals surface area contributed by atoms with Gasteiger partial charge in [-0.05, 0) is 24.3 Å². The van der Waals surface area contributed by atoms with Crippen molar-refractivity contribution in [3.05, 3.63) is 36.4 Å². The molecule has 0 fully saturated rings. The SMILES string of the molecule is Cc1nc2cc(NC(=O)Cn3ccc(N)n3)ccc2o1. The second-order valence-corrected chi connectivity index (χ2v) is 4.40. The van der Waals surface area contributed by atoms with Crippen LogP contribution in [-0.2, 0) is 11.3 Å². The predicted molar refractivity (Wildman–Crippen MR) is 74.0 cm³/mol. The molecule has 3 N–H and O–H groups in total. The van der Waals surface area contributed by atoms with Crippen molar-refractivity contribution in [1.82, 2.24) is 14.8 Å². The van der Waals surface area contributed by atoms with E-state index in [0.29, 0.717) is 28.5 Å². The number of aromatic nitrogens is 3. The Balaban J connectivity index is 1.73. The molecule has 7 nitrogen and oxygen atoms in total. The molecule has 0 spiro atoms. The number of nitrogens with two attached hydrogens (primary N) is 1. The van der Waals surface area contributed by atoms with Gasteiger partial charge in [-0.3, -0.25) is 9.48 Å². The fourth-order valence-corrected chi connectivity index (χ4v) is 1.93. The fourth-order valence-electron chi connectivity index (χ4n) is 1.93. The molecule has 0 radical (unpaired) electrons. The Bertz CT molecular complexity index is 774. The lowest BCUT2D eigenvalue weighted by Gasteiger charge is -2.04. The highest BCUT2D eigenvalue weighted by atomic mass is 16.3. The molecule has 2 aromatic heterocycles. The number of oxazole rings is 1. The Kier molecular flexibility index (Phi) is 2.86. The van der Waals surface area contributed by atoms with Gasteiger partial charge in [0.2, 0.25) is 5.91 Å². The van der Waals surface area contributed by atoms with E-state index in [1.54, 1.807) is 37.4 Å². The molecule has 0 unspecified atom stereocenters. The quantitative estimate of drug-likeness (QED) is 0.753. The Morgan fingerprint density at radius 2 is 2.30 bits per heavy atom. The van der Waals surface area contributed by atoms with Crippen LogP contribution in [-0.4, -0.2) is 20.7 Å². The minimum Gasteiger partial charge on any atom is -0.441 e. The standard InChI is InChI=1S/C13H13N5O2/c1-8-15-10-6-9(2-3-11(10)20-8)16-13(19)7-18-5-4-12(14)17-18/h2-6H,7H2,1H3,(H2,14,17)(H,16,19). The first-order chi connectivity index (χ1) is 9.60. The van der Waals surface area contributed by atoms with E-state index in [1.807, 2.05) is 0 Å². The number of nitrogen functional groups attached to an aromatic ring is 1. The number of benzene rings is 1. The maximum Gasteiger partial charge on any atom is 0.246 e. The van der Waals surface area contributed by atoms with Gasteiger partial charge in [0.15, 0.2) is 11.5 Å². The molecule has 0 saturated heterocycles. The Labute approximate surface area is 114 Å². The molecule has 102 valence electrons. The van der Waals surface area contributed by atoms with Crippen LogP contribution >= 0.6 is 0 Å². The van der Waals surface area contributed by atoms with E-state index in [1.165, 1.54) is 4.68 Å². The molecule has 1 aromatic carbocycles. The molecule has 0 aliphatic carbocycles. The van der Waals surface area contributed by atoms with Gasteiger partial charge in [-0.25, -0.2) is 4.98 Å². The molecule has 2 heterocycles. The average Bonchev–Trinajstić information content (AvgIpc) is 2.93. The summed E-state index contributed by atoms with van der Waals surface area (Å²) >= 11 is 0. The molecule has 20 heavy (non-hydrogen) atoms. The van der Waals surface area contributed by atoms with Crippen molar-refractivity contribution in [2.24, 2.45) is 0 Å². The predicted octanol–water partition coefficient (Wildman–Crippen LogP) is 1.55. The van der Waals surface area contributed by atoms with E-state index >= 15 is 0 Å². The number of carbonyl (C=O) groups excluding carboxylic acids is 1. The van der Waals surface area contributed by atoms with Crippen molar-refractivity contribution in [1.29, 1.82) is 0 Å². The molecular formula is C13H13N5O2. The summed E-state index contributed by atoms with van der Waals surface area (Å²) in [5, 5.41) is 6.73. The maximum atomic E-state index is 11.9. The van der Waals surface area contributed by atoms with Crippen molar-refractivity contribution in [2.45, 2.75) is 13.5 Å². The highest BCUT2D eigenvalue weighted by molar-refractivity contribution is 5.92. The first kappa shape index (κ1) is 12.2.